The second-order valence-corrected chi connectivity index (χ2v) is 4.70. The van der Waals surface area contributed by atoms with Crippen LogP contribution < -0.4 is 5.56 Å². The maximum Gasteiger partial charge on any atom is 0.258 e. The van der Waals surface area contributed by atoms with Gasteiger partial charge in [0.2, 0.25) is 0 Å². The molecular weight excluding hydrogens is 200 g/mol. The molecular formula is C13H14N2O. The Hall–Kier alpha value is -1.64. The summed E-state index contributed by atoms with van der Waals surface area (Å²) in [6, 6.07) is 3.98. The molecule has 0 saturated heterocycles. The summed E-state index contributed by atoms with van der Waals surface area (Å²) in [5.41, 5.74) is 3.05. The highest BCUT2D eigenvalue weighted by molar-refractivity contribution is 5.81. The lowest BCUT2D eigenvalue weighted by atomic mass is 10.1. The summed E-state index contributed by atoms with van der Waals surface area (Å²) in [6.07, 6.45) is 2.30. The molecule has 1 heterocycles. The highest BCUT2D eigenvalue weighted by Crippen LogP contribution is 2.37. The zero-order valence-electron chi connectivity index (χ0n) is 9.50. The Morgan fingerprint density at radius 1 is 1.31 bits per heavy atom. The van der Waals surface area contributed by atoms with E-state index in [2.05, 4.69) is 16.0 Å². The average Bonchev–Trinajstić information content (AvgIpc) is 3.02. The van der Waals surface area contributed by atoms with Gasteiger partial charge in [0.05, 0.1) is 10.9 Å². The van der Waals surface area contributed by atoms with E-state index in [1.54, 1.807) is 0 Å². The molecule has 16 heavy (non-hydrogen) atoms. The summed E-state index contributed by atoms with van der Waals surface area (Å²) in [4.78, 5) is 19.4. The van der Waals surface area contributed by atoms with Crippen molar-refractivity contribution < 1.29 is 0 Å². The molecule has 1 aromatic carbocycles. The number of aryl methyl sites for hydroxylation is 2. The summed E-state index contributed by atoms with van der Waals surface area (Å²) < 4.78 is 0. The van der Waals surface area contributed by atoms with Crippen LogP contribution in [-0.4, -0.2) is 9.97 Å². The Kier molecular flexibility index (Phi) is 1.90. The first kappa shape index (κ1) is 9.58. The number of fused-ring (bicyclic) bond motifs is 1. The van der Waals surface area contributed by atoms with E-state index in [1.807, 2.05) is 19.9 Å². The molecule has 0 amide bonds. The van der Waals surface area contributed by atoms with Crippen molar-refractivity contribution in [3.8, 4) is 0 Å². The zero-order chi connectivity index (χ0) is 11.3. The largest absolute Gasteiger partial charge is 0.310 e. The summed E-state index contributed by atoms with van der Waals surface area (Å²) in [5.74, 6) is 1.35. The van der Waals surface area contributed by atoms with Crippen LogP contribution in [0, 0.1) is 13.8 Å². The van der Waals surface area contributed by atoms with Crippen LogP contribution in [0.5, 0.6) is 0 Å². The Morgan fingerprint density at radius 2 is 2.06 bits per heavy atom. The maximum absolute atomic E-state index is 11.9. The van der Waals surface area contributed by atoms with Gasteiger partial charge in [-0.15, -0.1) is 0 Å². The third-order valence-corrected chi connectivity index (χ3v) is 3.13. The number of rotatable bonds is 1. The van der Waals surface area contributed by atoms with Crippen LogP contribution in [0.4, 0.5) is 0 Å². The molecule has 1 aliphatic carbocycles. The number of aromatic nitrogens is 2. The molecule has 0 bridgehead atoms. The Bertz CT molecular complexity index is 624. The number of H-pyrrole nitrogens is 1. The quantitative estimate of drug-likeness (QED) is 0.792. The molecule has 1 saturated carbocycles. The van der Waals surface area contributed by atoms with Crippen LogP contribution in [0.1, 0.15) is 35.7 Å². The smallest absolute Gasteiger partial charge is 0.258 e. The van der Waals surface area contributed by atoms with Crippen molar-refractivity contribution in [1.29, 1.82) is 0 Å². The molecule has 0 aliphatic heterocycles. The SMILES string of the molecule is Cc1cc(C)c2nc(C3CC3)[nH]c(=O)c2c1. The lowest BCUT2D eigenvalue weighted by Crippen LogP contribution is -2.12. The van der Waals surface area contributed by atoms with Crippen LogP contribution in [0.25, 0.3) is 10.9 Å². The van der Waals surface area contributed by atoms with Gasteiger partial charge in [0.1, 0.15) is 5.82 Å². The van der Waals surface area contributed by atoms with E-state index in [4.69, 9.17) is 0 Å². The minimum Gasteiger partial charge on any atom is -0.310 e. The zero-order valence-corrected chi connectivity index (χ0v) is 9.50. The summed E-state index contributed by atoms with van der Waals surface area (Å²) in [7, 11) is 0. The maximum atomic E-state index is 11.9. The first-order valence-corrected chi connectivity index (χ1v) is 5.66. The molecule has 1 N–H and O–H groups in total. The Morgan fingerprint density at radius 3 is 2.75 bits per heavy atom. The van der Waals surface area contributed by atoms with Gasteiger partial charge >= 0.3 is 0 Å². The van der Waals surface area contributed by atoms with Gasteiger partial charge in [0, 0.05) is 5.92 Å². The number of nitrogens with zero attached hydrogens (tertiary/aromatic N) is 1. The first-order chi connectivity index (χ1) is 7.65. The molecule has 82 valence electrons. The van der Waals surface area contributed by atoms with Crippen molar-refractivity contribution in [2.24, 2.45) is 0 Å². The third-order valence-electron chi connectivity index (χ3n) is 3.13. The number of hydrogen-bond donors (Lipinski definition) is 1. The highest BCUT2D eigenvalue weighted by Gasteiger charge is 2.26. The van der Waals surface area contributed by atoms with Gasteiger partial charge in [-0.2, -0.15) is 0 Å². The van der Waals surface area contributed by atoms with Crippen molar-refractivity contribution >= 4 is 10.9 Å². The van der Waals surface area contributed by atoms with E-state index in [1.165, 1.54) is 0 Å². The van der Waals surface area contributed by atoms with Gasteiger partial charge in [0.15, 0.2) is 0 Å². The minimum atomic E-state index is -0.00120. The van der Waals surface area contributed by atoms with Crippen molar-refractivity contribution in [3.05, 3.63) is 39.4 Å². The van der Waals surface area contributed by atoms with Gasteiger partial charge in [-0.3, -0.25) is 4.79 Å². The van der Waals surface area contributed by atoms with Crippen molar-refractivity contribution in [2.75, 3.05) is 0 Å². The Labute approximate surface area is 93.5 Å². The minimum absolute atomic E-state index is 0.00120. The Balaban J connectivity index is 2.37. The van der Waals surface area contributed by atoms with E-state index in [0.717, 1.165) is 35.3 Å². The topological polar surface area (TPSA) is 45.8 Å². The average molecular weight is 214 g/mol. The normalized spacial score (nSPS) is 15.6. The lowest BCUT2D eigenvalue weighted by Gasteiger charge is -2.05. The van der Waals surface area contributed by atoms with Crippen LogP contribution >= 0.6 is 0 Å². The second-order valence-electron chi connectivity index (χ2n) is 4.70. The summed E-state index contributed by atoms with van der Waals surface area (Å²) in [5, 5.41) is 0.710. The standard InChI is InChI=1S/C13H14N2O/c1-7-5-8(2)11-10(6-7)13(16)15-12(14-11)9-3-4-9/h5-6,9H,3-4H2,1-2H3,(H,14,15,16). The number of nitrogens with one attached hydrogen (secondary N) is 1. The fraction of sp³-hybridized carbons (Fsp3) is 0.385. The van der Waals surface area contributed by atoms with E-state index in [9.17, 15) is 4.79 Å². The van der Waals surface area contributed by atoms with Crippen molar-refractivity contribution in [3.63, 3.8) is 0 Å². The monoisotopic (exact) mass is 214 g/mol. The molecule has 0 atom stereocenters. The summed E-state index contributed by atoms with van der Waals surface area (Å²) in [6.45, 7) is 4.01. The van der Waals surface area contributed by atoms with Gasteiger partial charge in [0.25, 0.3) is 5.56 Å². The van der Waals surface area contributed by atoms with Gasteiger partial charge in [-0.25, -0.2) is 4.98 Å². The molecule has 0 radical (unpaired) electrons. The van der Waals surface area contributed by atoms with E-state index < -0.39 is 0 Å². The lowest BCUT2D eigenvalue weighted by molar-refractivity contribution is 0.929. The molecule has 3 rings (SSSR count). The third kappa shape index (κ3) is 1.43. The molecule has 1 aliphatic rings. The van der Waals surface area contributed by atoms with Crippen LogP contribution in [-0.2, 0) is 0 Å². The van der Waals surface area contributed by atoms with E-state index in [-0.39, 0.29) is 5.56 Å². The summed E-state index contributed by atoms with van der Waals surface area (Å²) >= 11 is 0. The van der Waals surface area contributed by atoms with Crippen molar-refractivity contribution in [1.82, 2.24) is 9.97 Å². The number of aromatic amines is 1. The highest BCUT2D eigenvalue weighted by atomic mass is 16.1. The molecule has 3 nitrogen and oxygen atoms in total. The van der Waals surface area contributed by atoms with Gasteiger partial charge in [-0.1, -0.05) is 6.07 Å². The van der Waals surface area contributed by atoms with Crippen LogP contribution in [0.3, 0.4) is 0 Å². The molecule has 0 spiro atoms. The number of benzene rings is 1. The molecule has 3 heteroatoms. The first-order valence-electron chi connectivity index (χ1n) is 5.66. The molecule has 1 aromatic heterocycles. The van der Waals surface area contributed by atoms with Crippen LogP contribution in [0.15, 0.2) is 16.9 Å². The molecule has 2 aromatic rings. The van der Waals surface area contributed by atoms with E-state index >= 15 is 0 Å². The second kappa shape index (κ2) is 3.17. The van der Waals surface area contributed by atoms with Crippen LogP contribution in [0.2, 0.25) is 0 Å². The fourth-order valence-electron chi connectivity index (χ4n) is 2.16. The van der Waals surface area contributed by atoms with Gasteiger partial charge in [-0.05, 0) is 43.9 Å². The van der Waals surface area contributed by atoms with E-state index in [0.29, 0.717) is 11.3 Å². The van der Waals surface area contributed by atoms with Gasteiger partial charge < -0.3 is 4.98 Å². The molecule has 0 unspecified atom stereocenters. The predicted molar refractivity (Wildman–Crippen MR) is 63.8 cm³/mol. The van der Waals surface area contributed by atoms with Crippen molar-refractivity contribution in [2.45, 2.75) is 32.6 Å². The number of hydrogen-bond acceptors (Lipinski definition) is 2. The predicted octanol–water partition coefficient (Wildman–Crippen LogP) is 2.42. The molecule has 1 fully saturated rings. The fourth-order valence-corrected chi connectivity index (χ4v) is 2.16.